The molecule has 0 saturated carbocycles. The third-order valence-electron chi connectivity index (χ3n) is 2.32. The molecule has 2 nitrogen and oxygen atoms in total. The van der Waals surface area contributed by atoms with Gasteiger partial charge in [0.25, 0.3) is 0 Å². The van der Waals surface area contributed by atoms with Crippen LogP contribution in [0.2, 0.25) is 0 Å². The first-order valence-electron chi connectivity index (χ1n) is 5.44. The van der Waals surface area contributed by atoms with E-state index in [1.807, 2.05) is 6.92 Å². The van der Waals surface area contributed by atoms with Crippen LogP contribution in [0.4, 0.5) is 18.9 Å². The number of halogens is 3. The van der Waals surface area contributed by atoms with Crippen molar-refractivity contribution in [2.24, 2.45) is 0 Å². The van der Waals surface area contributed by atoms with Gasteiger partial charge in [-0.2, -0.15) is 13.2 Å². The maximum Gasteiger partial charge on any atom is 0.416 e. The lowest BCUT2D eigenvalue weighted by Crippen LogP contribution is -2.12. The zero-order valence-corrected chi connectivity index (χ0v) is 9.90. The fourth-order valence-electron chi connectivity index (χ4n) is 1.45. The van der Waals surface area contributed by atoms with Crippen molar-refractivity contribution in [3.05, 3.63) is 29.3 Å². The number of benzene rings is 1. The summed E-state index contributed by atoms with van der Waals surface area (Å²) in [6, 6.07) is 4.23. The number of rotatable bonds is 5. The van der Waals surface area contributed by atoms with Gasteiger partial charge in [0.05, 0.1) is 12.2 Å². The molecule has 17 heavy (non-hydrogen) atoms. The molecule has 0 aromatic heterocycles. The summed E-state index contributed by atoms with van der Waals surface area (Å²) >= 11 is 0. The summed E-state index contributed by atoms with van der Waals surface area (Å²) in [7, 11) is 0. The van der Waals surface area contributed by atoms with Crippen molar-refractivity contribution in [2.75, 3.05) is 25.1 Å². The average molecular weight is 247 g/mol. The lowest BCUT2D eigenvalue weighted by molar-refractivity contribution is -0.138. The standard InChI is InChI=1S/C12H16F3NO/c1-3-17-7-6-16-10-5-4-9(2)11(8-10)12(13,14)15/h4-5,8,16H,3,6-7H2,1-2H3. The van der Waals surface area contributed by atoms with Gasteiger partial charge in [-0.1, -0.05) is 6.07 Å². The molecule has 0 aliphatic carbocycles. The molecule has 0 fully saturated rings. The maximum absolute atomic E-state index is 12.6. The van der Waals surface area contributed by atoms with Crippen LogP contribution < -0.4 is 5.32 Å². The highest BCUT2D eigenvalue weighted by molar-refractivity contribution is 5.49. The molecule has 0 amide bonds. The Balaban J connectivity index is 2.69. The highest BCUT2D eigenvalue weighted by atomic mass is 19.4. The lowest BCUT2D eigenvalue weighted by atomic mass is 10.1. The normalized spacial score (nSPS) is 11.6. The fraction of sp³-hybridized carbons (Fsp3) is 0.500. The number of anilines is 1. The number of alkyl halides is 3. The topological polar surface area (TPSA) is 21.3 Å². The van der Waals surface area contributed by atoms with Crippen molar-refractivity contribution in [2.45, 2.75) is 20.0 Å². The first kappa shape index (κ1) is 13.8. The molecule has 0 saturated heterocycles. The second-order valence-electron chi connectivity index (χ2n) is 3.65. The van der Waals surface area contributed by atoms with E-state index in [0.29, 0.717) is 25.4 Å². The third kappa shape index (κ3) is 4.26. The molecular weight excluding hydrogens is 231 g/mol. The molecule has 0 spiro atoms. The lowest BCUT2D eigenvalue weighted by Gasteiger charge is -2.13. The van der Waals surface area contributed by atoms with Gasteiger partial charge in [-0.15, -0.1) is 0 Å². The molecule has 0 bridgehead atoms. The van der Waals surface area contributed by atoms with E-state index >= 15 is 0 Å². The minimum absolute atomic E-state index is 0.229. The van der Waals surface area contributed by atoms with Crippen molar-refractivity contribution < 1.29 is 17.9 Å². The first-order valence-corrected chi connectivity index (χ1v) is 5.44. The van der Waals surface area contributed by atoms with E-state index < -0.39 is 11.7 Å². The molecule has 0 radical (unpaired) electrons. The van der Waals surface area contributed by atoms with Crippen molar-refractivity contribution in [1.29, 1.82) is 0 Å². The molecule has 0 atom stereocenters. The van der Waals surface area contributed by atoms with Gasteiger partial charge in [0.1, 0.15) is 0 Å². The molecule has 5 heteroatoms. The van der Waals surface area contributed by atoms with Crippen LogP contribution in [0.5, 0.6) is 0 Å². The van der Waals surface area contributed by atoms with E-state index in [9.17, 15) is 13.2 Å². The molecule has 0 unspecified atom stereocenters. The highest BCUT2D eigenvalue weighted by Gasteiger charge is 2.32. The third-order valence-corrected chi connectivity index (χ3v) is 2.32. The van der Waals surface area contributed by atoms with E-state index in [1.54, 1.807) is 6.07 Å². The Hall–Kier alpha value is -1.23. The SMILES string of the molecule is CCOCCNc1ccc(C)c(C(F)(F)F)c1. The van der Waals surface area contributed by atoms with E-state index in [2.05, 4.69) is 5.32 Å². The van der Waals surface area contributed by atoms with Crippen molar-refractivity contribution in [3.8, 4) is 0 Å². The first-order chi connectivity index (χ1) is 7.95. The van der Waals surface area contributed by atoms with E-state index in [0.717, 1.165) is 6.07 Å². The predicted molar refractivity (Wildman–Crippen MR) is 61.2 cm³/mol. The zero-order chi connectivity index (χ0) is 12.9. The van der Waals surface area contributed by atoms with Crippen molar-refractivity contribution >= 4 is 5.69 Å². The average Bonchev–Trinajstić information content (AvgIpc) is 2.25. The van der Waals surface area contributed by atoms with Crippen LogP contribution in [0.25, 0.3) is 0 Å². The Morgan fingerprint density at radius 3 is 2.59 bits per heavy atom. The molecular formula is C12H16F3NO. The highest BCUT2D eigenvalue weighted by Crippen LogP contribution is 2.33. The van der Waals surface area contributed by atoms with Crippen LogP contribution in [-0.4, -0.2) is 19.8 Å². The van der Waals surface area contributed by atoms with Crippen LogP contribution in [-0.2, 0) is 10.9 Å². The largest absolute Gasteiger partial charge is 0.416 e. The summed E-state index contributed by atoms with van der Waals surface area (Å²) in [6.45, 7) is 4.89. The van der Waals surface area contributed by atoms with Crippen LogP contribution >= 0.6 is 0 Å². The monoisotopic (exact) mass is 247 g/mol. The molecule has 0 aliphatic rings. The van der Waals surface area contributed by atoms with E-state index in [1.165, 1.54) is 13.0 Å². The Morgan fingerprint density at radius 2 is 2.00 bits per heavy atom. The number of aryl methyl sites for hydroxylation is 1. The van der Waals surface area contributed by atoms with Gasteiger partial charge >= 0.3 is 6.18 Å². The van der Waals surface area contributed by atoms with Gasteiger partial charge in [-0.3, -0.25) is 0 Å². The molecule has 0 heterocycles. The van der Waals surface area contributed by atoms with Gasteiger partial charge < -0.3 is 10.1 Å². The van der Waals surface area contributed by atoms with Crippen LogP contribution in [0.15, 0.2) is 18.2 Å². The van der Waals surface area contributed by atoms with Gasteiger partial charge in [-0.05, 0) is 31.5 Å². The molecule has 96 valence electrons. The molecule has 0 aliphatic heterocycles. The fourth-order valence-corrected chi connectivity index (χ4v) is 1.45. The maximum atomic E-state index is 12.6. The van der Waals surface area contributed by atoms with Crippen LogP contribution in [0.3, 0.4) is 0 Å². The summed E-state index contributed by atoms with van der Waals surface area (Å²) in [5.41, 5.74) is 0.0920. The van der Waals surface area contributed by atoms with Gasteiger partial charge in [0.2, 0.25) is 0 Å². The second kappa shape index (κ2) is 5.91. The van der Waals surface area contributed by atoms with E-state index in [4.69, 9.17) is 4.74 Å². The Bertz CT molecular complexity index is 363. The Kier molecular flexibility index (Phi) is 4.81. The summed E-state index contributed by atoms with van der Waals surface area (Å²) in [4.78, 5) is 0. The molecule has 1 aromatic rings. The zero-order valence-electron chi connectivity index (χ0n) is 9.90. The predicted octanol–water partition coefficient (Wildman–Crippen LogP) is 3.46. The molecule has 1 aromatic carbocycles. The van der Waals surface area contributed by atoms with Gasteiger partial charge in [0.15, 0.2) is 0 Å². The Labute approximate surface area is 98.8 Å². The number of nitrogens with one attached hydrogen (secondary N) is 1. The minimum Gasteiger partial charge on any atom is -0.383 e. The minimum atomic E-state index is -4.30. The van der Waals surface area contributed by atoms with Crippen LogP contribution in [0, 0.1) is 6.92 Å². The summed E-state index contributed by atoms with van der Waals surface area (Å²) in [6.07, 6.45) is -4.30. The van der Waals surface area contributed by atoms with Crippen molar-refractivity contribution in [1.82, 2.24) is 0 Å². The summed E-state index contributed by atoms with van der Waals surface area (Å²) in [5, 5.41) is 2.89. The van der Waals surface area contributed by atoms with Gasteiger partial charge in [0, 0.05) is 18.8 Å². The van der Waals surface area contributed by atoms with Gasteiger partial charge in [-0.25, -0.2) is 0 Å². The number of hydrogen-bond acceptors (Lipinski definition) is 2. The molecule has 1 N–H and O–H groups in total. The van der Waals surface area contributed by atoms with Crippen LogP contribution in [0.1, 0.15) is 18.1 Å². The quantitative estimate of drug-likeness (QED) is 0.804. The molecule has 1 rings (SSSR count). The Morgan fingerprint density at radius 1 is 1.29 bits per heavy atom. The number of hydrogen-bond donors (Lipinski definition) is 1. The van der Waals surface area contributed by atoms with E-state index in [-0.39, 0.29) is 5.56 Å². The second-order valence-corrected chi connectivity index (χ2v) is 3.65. The summed E-state index contributed by atoms with van der Waals surface area (Å²) < 4.78 is 42.9. The summed E-state index contributed by atoms with van der Waals surface area (Å²) in [5.74, 6) is 0. The van der Waals surface area contributed by atoms with Crippen molar-refractivity contribution in [3.63, 3.8) is 0 Å². The smallest absolute Gasteiger partial charge is 0.383 e. The number of ether oxygens (including phenoxy) is 1.